The van der Waals surface area contributed by atoms with Gasteiger partial charge in [-0.05, 0) is 19.1 Å². The second kappa shape index (κ2) is 4.65. The lowest BCUT2D eigenvalue weighted by Crippen LogP contribution is -2.08. The van der Waals surface area contributed by atoms with Gasteiger partial charge < -0.3 is 4.98 Å². The van der Waals surface area contributed by atoms with E-state index in [-0.39, 0.29) is 10.4 Å². The van der Waals surface area contributed by atoms with Gasteiger partial charge in [0.1, 0.15) is 0 Å². The van der Waals surface area contributed by atoms with Crippen LogP contribution in [0.1, 0.15) is 26.5 Å². The Morgan fingerprint density at radius 1 is 1.32 bits per heavy atom. The Hall–Kier alpha value is -1.89. The fourth-order valence-electron chi connectivity index (χ4n) is 1.59. The summed E-state index contributed by atoms with van der Waals surface area (Å²) in [5, 5.41) is 0. The van der Waals surface area contributed by atoms with E-state index in [1.54, 1.807) is 0 Å². The molecule has 0 amide bonds. The third kappa shape index (κ3) is 2.76. The number of benzene rings is 1. The molecule has 2 rings (SSSR count). The van der Waals surface area contributed by atoms with Crippen molar-refractivity contribution in [2.75, 3.05) is 0 Å². The highest BCUT2D eigenvalue weighted by molar-refractivity contribution is 7.11. The standard InChI is InChI=1S/C12H8F3NO2S/c1-6-10(19-11(18)16-6)9(17)7-3-2-4-8(5-7)12(13,14)15/h2-5H,1H3,(H,16,18). The summed E-state index contributed by atoms with van der Waals surface area (Å²) in [5.41, 5.74) is -0.621. The first-order valence-corrected chi connectivity index (χ1v) is 6.02. The van der Waals surface area contributed by atoms with E-state index in [9.17, 15) is 22.8 Å². The Balaban J connectivity index is 2.45. The maximum atomic E-state index is 12.6. The minimum atomic E-state index is -4.50. The summed E-state index contributed by atoms with van der Waals surface area (Å²) in [5.74, 6) is -0.591. The SMILES string of the molecule is Cc1[nH]c(=O)sc1C(=O)c1cccc(C(F)(F)F)c1. The van der Waals surface area contributed by atoms with Crippen LogP contribution in [0.25, 0.3) is 0 Å². The summed E-state index contributed by atoms with van der Waals surface area (Å²) in [6.07, 6.45) is -4.50. The molecule has 0 radical (unpaired) electrons. The lowest BCUT2D eigenvalue weighted by Gasteiger charge is -2.07. The number of thiazole rings is 1. The molecule has 0 atom stereocenters. The molecule has 1 aromatic heterocycles. The van der Waals surface area contributed by atoms with Crippen molar-refractivity contribution in [3.8, 4) is 0 Å². The lowest BCUT2D eigenvalue weighted by molar-refractivity contribution is -0.137. The van der Waals surface area contributed by atoms with Crippen molar-refractivity contribution in [3.63, 3.8) is 0 Å². The number of carbonyl (C=O) groups excluding carboxylic acids is 1. The highest BCUT2D eigenvalue weighted by Gasteiger charge is 2.31. The molecule has 19 heavy (non-hydrogen) atoms. The lowest BCUT2D eigenvalue weighted by atomic mass is 10.1. The Morgan fingerprint density at radius 3 is 2.53 bits per heavy atom. The number of hydrogen-bond donors (Lipinski definition) is 1. The molecule has 3 nitrogen and oxygen atoms in total. The zero-order valence-electron chi connectivity index (χ0n) is 9.67. The topological polar surface area (TPSA) is 49.9 Å². The number of halogens is 3. The van der Waals surface area contributed by atoms with Crippen LogP contribution in [-0.4, -0.2) is 10.8 Å². The maximum absolute atomic E-state index is 12.6. The minimum Gasteiger partial charge on any atom is -0.316 e. The molecule has 0 fully saturated rings. The molecule has 1 aromatic carbocycles. The van der Waals surface area contributed by atoms with Gasteiger partial charge in [0.25, 0.3) is 0 Å². The number of alkyl halides is 3. The number of aryl methyl sites for hydroxylation is 1. The van der Waals surface area contributed by atoms with Gasteiger partial charge in [0.15, 0.2) is 0 Å². The molecule has 0 aliphatic rings. The van der Waals surface area contributed by atoms with Crippen molar-refractivity contribution >= 4 is 17.1 Å². The third-order valence-corrected chi connectivity index (χ3v) is 3.47. The Labute approximate surface area is 109 Å². The van der Waals surface area contributed by atoms with Crippen LogP contribution in [0.2, 0.25) is 0 Å². The number of nitrogens with one attached hydrogen (secondary N) is 1. The zero-order chi connectivity index (χ0) is 14.2. The average molecular weight is 287 g/mol. The van der Waals surface area contributed by atoms with E-state index in [4.69, 9.17) is 0 Å². The van der Waals surface area contributed by atoms with Crippen molar-refractivity contribution in [1.82, 2.24) is 4.98 Å². The maximum Gasteiger partial charge on any atom is 0.416 e. The number of carbonyl (C=O) groups is 1. The summed E-state index contributed by atoms with van der Waals surface area (Å²) in [6, 6.07) is 4.14. The number of aromatic nitrogens is 1. The first-order valence-electron chi connectivity index (χ1n) is 5.20. The normalized spacial score (nSPS) is 11.6. The van der Waals surface area contributed by atoms with E-state index in [2.05, 4.69) is 4.98 Å². The fourth-order valence-corrected chi connectivity index (χ4v) is 2.39. The van der Waals surface area contributed by atoms with Gasteiger partial charge in [0.05, 0.1) is 10.4 Å². The molecule has 0 unspecified atom stereocenters. The van der Waals surface area contributed by atoms with Crippen LogP contribution >= 0.6 is 11.3 Å². The summed E-state index contributed by atoms with van der Waals surface area (Å²) in [4.78, 5) is 25.3. The third-order valence-electron chi connectivity index (χ3n) is 2.48. The van der Waals surface area contributed by atoms with Gasteiger partial charge in [-0.2, -0.15) is 13.2 Å². The molecule has 0 saturated heterocycles. The number of rotatable bonds is 2. The fraction of sp³-hybridized carbons (Fsp3) is 0.167. The average Bonchev–Trinajstić information content (AvgIpc) is 2.66. The van der Waals surface area contributed by atoms with Crippen molar-refractivity contribution < 1.29 is 18.0 Å². The highest BCUT2D eigenvalue weighted by Crippen LogP contribution is 2.30. The predicted molar refractivity (Wildman–Crippen MR) is 64.6 cm³/mol. The molecule has 100 valence electrons. The van der Waals surface area contributed by atoms with Crippen molar-refractivity contribution in [2.45, 2.75) is 13.1 Å². The molecule has 1 heterocycles. The van der Waals surface area contributed by atoms with Gasteiger partial charge in [-0.25, -0.2) is 0 Å². The summed E-state index contributed by atoms with van der Waals surface area (Å²) < 4.78 is 37.7. The van der Waals surface area contributed by atoms with E-state index < -0.39 is 22.4 Å². The smallest absolute Gasteiger partial charge is 0.316 e. The van der Waals surface area contributed by atoms with E-state index in [1.165, 1.54) is 19.1 Å². The Kier molecular flexibility index (Phi) is 3.32. The molecule has 0 saturated carbocycles. The minimum absolute atomic E-state index is 0.0897. The van der Waals surface area contributed by atoms with Crippen LogP contribution in [0, 0.1) is 6.92 Å². The molecule has 0 aliphatic heterocycles. The first kappa shape index (κ1) is 13.5. The molecule has 0 bridgehead atoms. The van der Waals surface area contributed by atoms with Crippen LogP contribution in [0.4, 0.5) is 13.2 Å². The van der Waals surface area contributed by atoms with Crippen LogP contribution in [0.15, 0.2) is 29.1 Å². The largest absolute Gasteiger partial charge is 0.416 e. The quantitative estimate of drug-likeness (QED) is 0.863. The molecule has 7 heteroatoms. The Bertz CT molecular complexity index is 685. The molecule has 2 aromatic rings. The van der Waals surface area contributed by atoms with E-state index in [1.807, 2.05) is 0 Å². The van der Waals surface area contributed by atoms with Gasteiger partial charge in [0, 0.05) is 11.3 Å². The molecule has 0 spiro atoms. The molecule has 0 aliphatic carbocycles. The van der Waals surface area contributed by atoms with Crippen LogP contribution < -0.4 is 4.87 Å². The monoisotopic (exact) mass is 287 g/mol. The number of aromatic amines is 1. The second-order valence-corrected chi connectivity index (χ2v) is 4.86. The second-order valence-electron chi connectivity index (χ2n) is 3.88. The zero-order valence-corrected chi connectivity index (χ0v) is 10.5. The number of H-pyrrole nitrogens is 1. The van der Waals surface area contributed by atoms with Crippen molar-refractivity contribution in [3.05, 3.63) is 55.6 Å². The Morgan fingerprint density at radius 2 is 2.00 bits per heavy atom. The van der Waals surface area contributed by atoms with E-state index in [0.29, 0.717) is 17.0 Å². The summed E-state index contributed by atoms with van der Waals surface area (Å²) >= 11 is 0.689. The summed E-state index contributed by atoms with van der Waals surface area (Å²) in [7, 11) is 0. The van der Waals surface area contributed by atoms with Crippen LogP contribution in [0.5, 0.6) is 0 Å². The van der Waals surface area contributed by atoms with Crippen LogP contribution in [0.3, 0.4) is 0 Å². The van der Waals surface area contributed by atoms with Crippen molar-refractivity contribution in [1.29, 1.82) is 0 Å². The predicted octanol–water partition coefficient (Wildman–Crippen LogP) is 2.99. The van der Waals surface area contributed by atoms with Gasteiger partial charge in [-0.1, -0.05) is 23.5 Å². The van der Waals surface area contributed by atoms with Gasteiger partial charge in [-0.15, -0.1) is 0 Å². The van der Waals surface area contributed by atoms with E-state index in [0.717, 1.165) is 12.1 Å². The number of hydrogen-bond acceptors (Lipinski definition) is 3. The summed E-state index contributed by atoms with van der Waals surface area (Å²) in [6.45, 7) is 1.53. The molecule has 1 N–H and O–H groups in total. The van der Waals surface area contributed by atoms with Gasteiger partial charge in [0.2, 0.25) is 5.78 Å². The van der Waals surface area contributed by atoms with E-state index >= 15 is 0 Å². The molecular formula is C12H8F3NO2S. The first-order chi connectivity index (χ1) is 8.79. The highest BCUT2D eigenvalue weighted by atomic mass is 32.1. The number of ketones is 1. The van der Waals surface area contributed by atoms with Gasteiger partial charge >= 0.3 is 11.0 Å². The van der Waals surface area contributed by atoms with Crippen LogP contribution in [-0.2, 0) is 6.18 Å². The van der Waals surface area contributed by atoms with Crippen molar-refractivity contribution in [2.24, 2.45) is 0 Å². The van der Waals surface area contributed by atoms with Gasteiger partial charge in [-0.3, -0.25) is 9.59 Å². The molecular weight excluding hydrogens is 279 g/mol.